The average molecular weight is 286 g/mol. The first-order valence-corrected chi connectivity index (χ1v) is 6.78. The van der Waals surface area contributed by atoms with Gasteiger partial charge in [-0.05, 0) is 36.8 Å². The second-order valence-electron chi connectivity index (χ2n) is 4.36. The number of aromatic amines is 1. The highest BCUT2D eigenvalue weighted by Gasteiger charge is 2.08. The van der Waals surface area contributed by atoms with Crippen LogP contribution in [0.3, 0.4) is 0 Å². The van der Waals surface area contributed by atoms with E-state index in [9.17, 15) is 0 Å². The fourth-order valence-corrected chi connectivity index (χ4v) is 2.29. The number of hydrogen-bond donors (Lipinski definition) is 1. The third-order valence-corrected chi connectivity index (χ3v) is 3.34. The van der Waals surface area contributed by atoms with Gasteiger partial charge in [0.15, 0.2) is 10.6 Å². The van der Waals surface area contributed by atoms with E-state index in [-0.39, 0.29) is 0 Å². The van der Waals surface area contributed by atoms with Crippen molar-refractivity contribution in [3.8, 4) is 11.4 Å². The summed E-state index contributed by atoms with van der Waals surface area (Å²) in [6.07, 6.45) is 8.18. The third-order valence-electron chi connectivity index (χ3n) is 3.02. The topological polar surface area (TPSA) is 64.3 Å². The van der Waals surface area contributed by atoms with E-state index in [2.05, 4.69) is 20.3 Å². The molecule has 0 aliphatic heterocycles. The van der Waals surface area contributed by atoms with Gasteiger partial charge < -0.3 is 4.57 Å². The molecule has 0 aromatic carbocycles. The van der Waals surface area contributed by atoms with Crippen molar-refractivity contribution >= 4 is 12.2 Å². The molecule has 3 aromatic rings. The minimum absolute atomic E-state index is 0.636. The first-order chi connectivity index (χ1) is 9.84. The highest BCUT2D eigenvalue weighted by atomic mass is 32.1. The molecule has 0 aliphatic carbocycles. The second-order valence-corrected chi connectivity index (χ2v) is 4.75. The second kappa shape index (κ2) is 5.79. The van der Waals surface area contributed by atoms with E-state index in [1.54, 1.807) is 18.6 Å². The molecular formula is C13H14N6S. The summed E-state index contributed by atoms with van der Waals surface area (Å²) < 4.78 is 4.56. The summed E-state index contributed by atoms with van der Waals surface area (Å²) in [6, 6.07) is 5.77. The molecule has 3 aromatic heterocycles. The van der Waals surface area contributed by atoms with E-state index in [0.29, 0.717) is 4.77 Å². The number of rotatable bonds is 5. The van der Waals surface area contributed by atoms with Crippen LogP contribution in [0.5, 0.6) is 0 Å². The van der Waals surface area contributed by atoms with Gasteiger partial charge in [0.25, 0.3) is 0 Å². The van der Waals surface area contributed by atoms with Crippen LogP contribution in [0.15, 0.2) is 43.0 Å². The van der Waals surface area contributed by atoms with Crippen LogP contribution in [0, 0.1) is 4.77 Å². The van der Waals surface area contributed by atoms with Gasteiger partial charge in [-0.2, -0.15) is 10.2 Å². The summed E-state index contributed by atoms with van der Waals surface area (Å²) in [6.45, 7) is 1.66. The average Bonchev–Trinajstić information content (AvgIpc) is 3.11. The lowest BCUT2D eigenvalue weighted by Gasteiger charge is -2.07. The number of aryl methyl sites for hydroxylation is 1. The maximum absolute atomic E-state index is 5.29. The van der Waals surface area contributed by atoms with Gasteiger partial charge in [-0.25, -0.2) is 0 Å². The van der Waals surface area contributed by atoms with Crippen LogP contribution in [-0.2, 0) is 13.1 Å². The maximum atomic E-state index is 5.29. The standard InChI is InChI=1S/C13H14N6S/c20-13-17-16-12(11-3-6-14-7-4-11)19(13)10-2-9-18-8-1-5-15-18/h1,3-8H,2,9-10H2,(H,17,20). The lowest BCUT2D eigenvalue weighted by Crippen LogP contribution is -2.06. The zero-order valence-corrected chi connectivity index (χ0v) is 11.6. The smallest absolute Gasteiger partial charge is 0.195 e. The van der Waals surface area contributed by atoms with Crippen molar-refractivity contribution in [2.45, 2.75) is 19.5 Å². The Morgan fingerprint density at radius 3 is 2.75 bits per heavy atom. The molecule has 0 bridgehead atoms. The molecule has 3 rings (SSSR count). The van der Waals surface area contributed by atoms with Crippen LogP contribution in [-0.4, -0.2) is 29.5 Å². The first-order valence-electron chi connectivity index (χ1n) is 6.37. The van der Waals surface area contributed by atoms with Gasteiger partial charge in [0, 0.05) is 43.4 Å². The number of hydrogen-bond acceptors (Lipinski definition) is 4. The van der Waals surface area contributed by atoms with Crippen LogP contribution < -0.4 is 0 Å². The van der Waals surface area contributed by atoms with Crippen molar-refractivity contribution in [2.24, 2.45) is 0 Å². The zero-order chi connectivity index (χ0) is 13.8. The van der Waals surface area contributed by atoms with Gasteiger partial charge in [-0.1, -0.05) is 0 Å². The van der Waals surface area contributed by atoms with Crippen molar-refractivity contribution in [1.82, 2.24) is 29.5 Å². The zero-order valence-electron chi connectivity index (χ0n) is 10.8. The number of aromatic nitrogens is 6. The Morgan fingerprint density at radius 1 is 1.15 bits per heavy atom. The van der Waals surface area contributed by atoms with Crippen molar-refractivity contribution in [3.05, 3.63) is 47.8 Å². The SMILES string of the molecule is S=c1[nH]nc(-c2ccncc2)n1CCCn1cccn1. The van der Waals surface area contributed by atoms with Crippen LogP contribution in [0.1, 0.15) is 6.42 Å². The number of nitrogens with zero attached hydrogens (tertiary/aromatic N) is 5. The first kappa shape index (κ1) is 12.7. The van der Waals surface area contributed by atoms with Gasteiger partial charge in [0.05, 0.1) is 0 Å². The van der Waals surface area contributed by atoms with E-state index >= 15 is 0 Å². The number of pyridine rings is 1. The maximum Gasteiger partial charge on any atom is 0.195 e. The molecule has 3 heterocycles. The number of H-pyrrole nitrogens is 1. The molecule has 0 fully saturated rings. The molecule has 0 aliphatic rings. The monoisotopic (exact) mass is 286 g/mol. The van der Waals surface area contributed by atoms with Gasteiger partial charge in [-0.3, -0.25) is 14.8 Å². The molecule has 102 valence electrons. The van der Waals surface area contributed by atoms with Crippen LogP contribution in [0.4, 0.5) is 0 Å². The van der Waals surface area contributed by atoms with Gasteiger partial charge in [0.1, 0.15) is 0 Å². The molecule has 0 spiro atoms. The predicted molar refractivity (Wildman–Crippen MR) is 77.5 cm³/mol. The molecule has 0 saturated heterocycles. The third kappa shape index (κ3) is 2.67. The Morgan fingerprint density at radius 2 is 2.00 bits per heavy atom. The molecule has 0 atom stereocenters. The molecule has 0 amide bonds. The van der Waals surface area contributed by atoms with E-state index in [4.69, 9.17) is 12.2 Å². The lowest BCUT2D eigenvalue weighted by atomic mass is 10.2. The minimum Gasteiger partial charge on any atom is -0.300 e. The summed E-state index contributed by atoms with van der Waals surface area (Å²) in [7, 11) is 0. The summed E-state index contributed by atoms with van der Waals surface area (Å²) in [5, 5.41) is 11.3. The highest BCUT2D eigenvalue weighted by Crippen LogP contribution is 2.16. The summed E-state index contributed by atoms with van der Waals surface area (Å²) >= 11 is 5.29. The Kier molecular flexibility index (Phi) is 3.69. The largest absolute Gasteiger partial charge is 0.300 e. The molecule has 0 saturated carbocycles. The van der Waals surface area contributed by atoms with E-state index in [1.807, 2.05) is 33.6 Å². The molecule has 1 N–H and O–H groups in total. The summed E-state index contributed by atoms with van der Waals surface area (Å²) in [4.78, 5) is 4.02. The highest BCUT2D eigenvalue weighted by molar-refractivity contribution is 7.71. The van der Waals surface area contributed by atoms with Crippen molar-refractivity contribution in [2.75, 3.05) is 0 Å². The van der Waals surface area contributed by atoms with Crippen LogP contribution in [0.2, 0.25) is 0 Å². The van der Waals surface area contributed by atoms with Crippen LogP contribution >= 0.6 is 12.2 Å². The molecule has 7 heteroatoms. The summed E-state index contributed by atoms with van der Waals surface area (Å²) in [5.74, 6) is 0.845. The van der Waals surface area contributed by atoms with Crippen molar-refractivity contribution in [3.63, 3.8) is 0 Å². The molecular weight excluding hydrogens is 272 g/mol. The number of nitrogens with one attached hydrogen (secondary N) is 1. The fourth-order valence-electron chi connectivity index (χ4n) is 2.07. The fraction of sp³-hybridized carbons (Fsp3) is 0.231. The van der Waals surface area contributed by atoms with Crippen LogP contribution in [0.25, 0.3) is 11.4 Å². The molecule has 0 unspecified atom stereocenters. The Hall–Kier alpha value is -2.28. The van der Waals surface area contributed by atoms with E-state index in [1.165, 1.54) is 0 Å². The van der Waals surface area contributed by atoms with E-state index < -0.39 is 0 Å². The molecule has 0 radical (unpaired) electrons. The van der Waals surface area contributed by atoms with Crippen molar-refractivity contribution < 1.29 is 0 Å². The Labute approximate surface area is 121 Å². The van der Waals surface area contributed by atoms with Crippen molar-refractivity contribution in [1.29, 1.82) is 0 Å². The van der Waals surface area contributed by atoms with Gasteiger partial charge in [-0.15, -0.1) is 0 Å². The lowest BCUT2D eigenvalue weighted by molar-refractivity contribution is 0.526. The minimum atomic E-state index is 0.636. The summed E-state index contributed by atoms with van der Waals surface area (Å²) in [5.41, 5.74) is 1.01. The van der Waals surface area contributed by atoms with Gasteiger partial charge >= 0.3 is 0 Å². The van der Waals surface area contributed by atoms with Gasteiger partial charge in [0.2, 0.25) is 0 Å². The quantitative estimate of drug-likeness (QED) is 0.731. The van der Waals surface area contributed by atoms with E-state index in [0.717, 1.165) is 30.9 Å². The Balaban J connectivity index is 1.76. The molecule has 20 heavy (non-hydrogen) atoms. The Bertz CT molecular complexity index is 713. The predicted octanol–water partition coefficient (Wildman–Crippen LogP) is 2.29. The normalized spacial score (nSPS) is 10.8. The molecule has 6 nitrogen and oxygen atoms in total.